The van der Waals surface area contributed by atoms with Crippen molar-refractivity contribution >= 4 is 58.2 Å². The van der Waals surface area contributed by atoms with Gasteiger partial charge in [-0.05, 0) is 50.7 Å². The maximum absolute atomic E-state index is 14.1. The van der Waals surface area contributed by atoms with Gasteiger partial charge in [0.25, 0.3) is 0 Å². The molecule has 49 heavy (non-hydrogen) atoms. The number of thioether (sulfide) groups is 1. The second-order valence-corrected chi connectivity index (χ2v) is 14.0. The molecule has 1 saturated heterocycles. The van der Waals surface area contributed by atoms with Crippen molar-refractivity contribution in [1.29, 1.82) is 0 Å². The lowest BCUT2D eigenvalue weighted by Gasteiger charge is -2.28. The number of carbonyl (C=O) groups excluding carboxylic acids is 5. The normalized spacial score (nSPS) is 26.0. The number of nitrogens with one attached hydrogen (secondary N) is 6. The van der Waals surface area contributed by atoms with Gasteiger partial charge in [0.1, 0.15) is 30.2 Å². The molecule has 2 aromatic rings. The van der Waals surface area contributed by atoms with E-state index in [1.54, 1.807) is 0 Å². The van der Waals surface area contributed by atoms with Crippen molar-refractivity contribution in [3.63, 3.8) is 0 Å². The highest BCUT2D eigenvalue weighted by molar-refractivity contribution is 7.99. The smallest absolute Gasteiger partial charge is 0.327 e. The van der Waals surface area contributed by atoms with Gasteiger partial charge in [-0.15, -0.1) is 11.8 Å². The Morgan fingerprint density at radius 2 is 1.65 bits per heavy atom. The number of aliphatic carboxylic acids is 1. The number of benzene rings is 1. The van der Waals surface area contributed by atoms with Gasteiger partial charge in [0.05, 0.1) is 11.1 Å². The van der Waals surface area contributed by atoms with Gasteiger partial charge in [0, 0.05) is 42.2 Å². The number of hydrogen-bond acceptors (Lipinski definition) is 9. The van der Waals surface area contributed by atoms with Crippen LogP contribution in [-0.2, 0) is 39.9 Å². The Kier molecular flexibility index (Phi) is 13.1. The number of carbonyl (C=O) groups is 6. The van der Waals surface area contributed by atoms with Gasteiger partial charge in [-0.25, -0.2) is 4.79 Å². The summed E-state index contributed by atoms with van der Waals surface area (Å²) in [6.07, 6.45) is -0.205. The topological polar surface area (TPSA) is 228 Å². The van der Waals surface area contributed by atoms with E-state index in [9.17, 15) is 39.0 Å². The number of carboxylic acid groups (broad SMARTS) is 1. The highest BCUT2D eigenvalue weighted by Gasteiger charge is 2.35. The maximum Gasteiger partial charge on any atom is 0.327 e. The number of ether oxygens (including phenoxy) is 1. The molecule has 15 nitrogen and oxygen atoms in total. The molecule has 0 unspecified atom stereocenters. The largest absolute Gasteiger partial charge is 0.480 e. The highest BCUT2D eigenvalue weighted by atomic mass is 32.2. The summed E-state index contributed by atoms with van der Waals surface area (Å²) in [4.78, 5) is 82.9. The molecule has 4 rings (SSSR count). The van der Waals surface area contributed by atoms with E-state index in [2.05, 4.69) is 31.6 Å². The van der Waals surface area contributed by atoms with E-state index in [0.29, 0.717) is 42.2 Å². The standard InChI is InChI=1S/C33H46N6O9S/c1-16(2)13-23-29(43)34-17(3)27(41)39-26(18(4)40)31(45)37-25(33(46)47)15-49-32-21(20-7-5-6-8-22(20)38-32)14-24(30(44)36-23)35-28(42)19-9-11-48-12-10-19/h5-8,16-19,23-26,38,40H,9-15H2,1-4H3,(H,34,43)(H,35,42)(H,36,44)(H,37,45)(H,39,41)(H,46,47)/t17-,18-,23+,24+,25+,26+/m1/s1. The van der Waals surface area contributed by atoms with Crippen LogP contribution in [0.3, 0.4) is 0 Å². The Bertz CT molecular complexity index is 1540. The van der Waals surface area contributed by atoms with Crippen LogP contribution in [0.2, 0.25) is 0 Å². The molecule has 1 aromatic carbocycles. The second-order valence-electron chi connectivity index (χ2n) is 13.0. The fourth-order valence-corrected chi connectivity index (χ4v) is 6.91. The summed E-state index contributed by atoms with van der Waals surface area (Å²) in [6.45, 7) is 7.23. The Labute approximate surface area is 288 Å². The fourth-order valence-electron chi connectivity index (χ4n) is 5.81. The van der Waals surface area contributed by atoms with Crippen molar-refractivity contribution in [2.24, 2.45) is 11.8 Å². The number of fused-ring (bicyclic) bond motifs is 3. The summed E-state index contributed by atoms with van der Waals surface area (Å²) in [5.74, 6) is -5.24. The van der Waals surface area contributed by atoms with Crippen LogP contribution in [-0.4, -0.2) is 106 Å². The van der Waals surface area contributed by atoms with Crippen molar-refractivity contribution < 1.29 is 43.7 Å². The van der Waals surface area contributed by atoms with Crippen LogP contribution in [0.4, 0.5) is 0 Å². The number of carboxylic acids is 1. The summed E-state index contributed by atoms with van der Waals surface area (Å²) in [6, 6.07) is 0.942. The van der Waals surface area contributed by atoms with Crippen molar-refractivity contribution in [2.45, 2.75) is 94.7 Å². The molecule has 268 valence electrons. The minimum Gasteiger partial charge on any atom is -0.480 e. The van der Waals surface area contributed by atoms with E-state index in [1.165, 1.54) is 13.8 Å². The first kappa shape index (κ1) is 37.7. The van der Waals surface area contributed by atoms with Gasteiger partial charge in [0.15, 0.2) is 0 Å². The zero-order chi connectivity index (χ0) is 35.8. The molecule has 8 N–H and O–H groups in total. The molecule has 1 fully saturated rings. The number of aliphatic hydroxyl groups excluding tert-OH is 1. The molecule has 1 aromatic heterocycles. The van der Waals surface area contributed by atoms with E-state index in [1.807, 2.05) is 38.1 Å². The third-order valence-electron chi connectivity index (χ3n) is 8.57. The molecule has 16 heteroatoms. The minimum absolute atomic E-state index is 0.00380. The SMILES string of the molecule is CC(C)C[C@@H]1NC(=O)[C@@H](NC(=O)C2CCOCC2)Cc2c([nH]c3ccccc23)SC[C@@H](C(=O)O)NC(=O)[C@H]([C@@H](C)O)NC(=O)[C@@H](C)NC1=O. The average molecular weight is 703 g/mol. The van der Waals surface area contributed by atoms with Crippen LogP contribution in [0.1, 0.15) is 52.5 Å². The van der Waals surface area contributed by atoms with Gasteiger partial charge in [0.2, 0.25) is 29.5 Å². The fraction of sp³-hybridized carbons (Fsp3) is 0.576. The number of aromatic nitrogens is 1. The van der Waals surface area contributed by atoms with Crippen molar-refractivity contribution in [1.82, 2.24) is 31.6 Å². The quantitative estimate of drug-likeness (QED) is 0.204. The third kappa shape index (κ3) is 9.95. The van der Waals surface area contributed by atoms with E-state index < -0.39 is 65.9 Å². The van der Waals surface area contributed by atoms with E-state index in [-0.39, 0.29) is 36.3 Å². The molecule has 0 saturated carbocycles. The monoisotopic (exact) mass is 702 g/mol. The molecule has 0 bridgehead atoms. The minimum atomic E-state index is -1.52. The zero-order valence-electron chi connectivity index (χ0n) is 28.0. The van der Waals surface area contributed by atoms with Crippen molar-refractivity contribution in [3.8, 4) is 0 Å². The number of para-hydroxylation sites is 1. The predicted octanol–water partition coefficient (Wildman–Crippen LogP) is 0.198. The maximum atomic E-state index is 14.1. The molecule has 2 aliphatic heterocycles. The van der Waals surface area contributed by atoms with E-state index >= 15 is 0 Å². The van der Waals surface area contributed by atoms with Gasteiger partial charge in [-0.2, -0.15) is 0 Å². The van der Waals surface area contributed by atoms with Crippen LogP contribution < -0.4 is 26.6 Å². The molecule has 0 radical (unpaired) electrons. The van der Waals surface area contributed by atoms with Crippen LogP contribution in [0, 0.1) is 11.8 Å². The van der Waals surface area contributed by atoms with Gasteiger partial charge >= 0.3 is 5.97 Å². The number of hydrogen-bond donors (Lipinski definition) is 8. The molecule has 0 aliphatic carbocycles. The number of H-pyrrole nitrogens is 1. The first-order valence-corrected chi connectivity index (χ1v) is 17.5. The van der Waals surface area contributed by atoms with Gasteiger partial charge in [-0.3, -0.25) is 24.0 Å². The Balaban J connectivity index is 1.77. The lowest BCUT2D eigenvalue weighted by Crippen LogP contribution is -2.60. The summed E-state index contributed by atoms with van der Waals surface area (Å²) in [5, 5.41) is 34.7. The number of rotatable bonds is 6. The third-order valence-corrected chi connectivity index (χ3v) is 9.71. The highest BCUT2D eigenvalue weighted by Crippen LogP contribution is 2.32. The molecule has 6 atom stereocenters. The lowest BCUT2D eigenvalue weighted by atomic mass is 9.97. The predicted molar refractivity (Wildman–Crippen MR) is 180 cm³/mol. The van der Waals surface area contributed by atoms with Gasteiger partial charge < -0.3 is 46.5 Å². The lowest BCUT2D eigenvalue weighted by molar-refractivity contribution is -0.142. The summed E-state index contributed by atoms with van der Waals surface area (Å²) < 4.78 is 5.40. The Morgan fingerprint density at radius 1 is 0.959 bits per heavy atom. The first-order valence-electron chi connectivity index (χ1n) is 16.5. The molecule has 0 spiro atoms. The van der Waals surface area contributed by atoms with Crippen LogP contribution >= 0.6 is 11.8 Å². The second kappa shape index (κ2) is 17.0. The molecule has 2 aliphatic rings. The van der Waals surface area contributed by atoms with E-state index in [4.69, 9.17) is 4.74 Å². The Hall–Kier alpha value is -4.15. The van der Waals surface area contributed by atoms with Crippen LogP contribution in [0.25, 0.3) is 10.9 Å². The number of aliphatic hydroxyl groups is 1. The Morgan fingerprint density at radius 3 is 2.31 bits per heavy atom. The average Bonchev–Trinajstić information content (AvgIpc) is 3.40. The molecule has 5 amide bonds. The first-order chi connectivity index (χ1) is 23.2. The molecule has 3 heterocycles. The number of amides is 5. The summed E-state index contributed by atoms with van der Waals surface area (Å²) >= 11 is 1.10. The van der Waals surface area contributed by atoms with Crippen molar-refractivity contribution in [3.05, 3.63) is 29.8 Å². The van der Waals surface area contributed by atoms with Crippen molar-refractivity contribution in [2.75, 3.05) is 19.0 Å². The molecular weight excluding hydrogens is 656 g/mol. The van der Waals surface area contributed by atoms with Gasteiger partial charge in [-0.1, -0.05) is 32.0 Å². The summed E-state index contributed by atoms with van der Waals surface area (Å²) in [5.41, 5.74) is 1.34. The van der Waals surface area contributed by atoms with Crippen LogP contribution in [0.5, 0.6) is 0 Å². The number of aromatic amines is 1. The molecular formula is C33H46N6O9S. The van der Waals surface area contributed by atoms with E-state index in [0.717, 1.165) is 17.1 Å². The zero-order valence-corrected chi connectivity index (χ0v) is 28.9. The van der Waals surface area contributed by atoms with Crippen LogP contribution in [0.15, 0.2) is 29.3 Å². The summed E-state index contributed by atoms with van der Waals surface area (Å²) in [7, 11) is 0.